The van der Waals surface area contributed by atoms with Gasteiger partial charge in [0.15, 0.2) is 11.5 Å². The zero-order chi connectivity index (χ0) is 24.7. The van der Waals surface area contributed by atoms with E-state index in [1.165, 1.54) is 23.4 Å². The molecule has 13 heteroatoms. The Morgan fingerprint density at radius 2 is 1.94 bits per heavy atom. The van der Waals surface area contributed by atoms with Gasteiger partial charge in [-0.1, -0.05) is 0 Å². The maximum atomic E-state index is 12.5. The van der Waals surface area contributed by atoms with Crippen LogP contribution in [-0.2, 0) is 14.4 Å². The Hall–Kier alpha value is -4.42. The van der Waals surface area contributed by atoms with Crippen LogP contribution in [0, 0.1) is 0 Å². The summed E-state index contributed by atoms with van der Waals surface area (Å²) in [5.41, 5.74) is 0.633. The third-order valence-electron chi connectivity index (χ3n) is 5.25. The van der Waals surface area contributed by atoms with E-state index in [9.17, 15) is 24.0 Å². The van der Waals surface area contributed by atoms with Crippen LogP contribution in [0.3, 0.4) is 0 Å². The van der Waals surface area contributed by atoms with Crippen molar-refractivity contribution in [1.82, 2.24) is 15.3 Å². The second-order valence-electron chi connectivity index (χ2n) is 7.64. The fourth-order valence-corrected chi connectivity index (χ4v) is 3.54. The molecule has 0 aliphatic carbocycles. The van der Waals surface area contributed by atoms with E-state index in [2.05, 4.69) is 25.9 Å². The van der Waals surface area contributed by atoms with Crippen molar-refractivity contribution in [3.05, 3.63) is 46.5 Å². The summed E-state index contributed by atoms with van der Waals surface area (Å²) in [6.45, 7) is 0.678. The van der Waals surface area contributed by atoms with Crippen LogP contribution in [0.4, 0.5) is 17.2 Å². The van der Waals surface area contributed by atoms with Gasteiger partial charge in [-0.05, 0) is 30.7 Å². The van der Waals surface area contributed by atoms with Gasteiger partial charge in [0.2, 0.25) is 6.41 Å². The zero-order valence-corrected chi connectivity index (χ0v) is 18.0. The summed E-state index contributed by atoms with van der Waals surface area (Å²) in [6, 6.07) is 5.17. The highest BCUT2D eigenvalue weighted by atomic mass is 16.4. The van der Waals surface area contributed by atoms with Gasteiger partial charge in [-0.25, -0.2) is 4.98 Å². The average molecular weight is 472 g/mol. The second kappa shape index (κ2) is 10.9. The molecule has 180 valence electrons. The number of amides is 2. The normalized spacial score (nSPS) is 15.4. The number of aromatic nitrogens is 2. The highest BCUT2D eigenvalue weighted by molar-refractivity contribution is 5.95. The van der Waals surface area contributed by atoms with Gasteiger partial charge in [0.05, 0.1) is 18.8 Å². The molecule has 0 bridgehead atoms. The summed E-state index contributed by atoms with van der Waals surface area (Å²) < 4.78 is 0. The van der Waals surface area contributed by atoms with E-state index in [0.29, 0.717) is 31.0 Å². The molecule has 13 nitrogen and oxygen atoms in total. The maximum absolute atomic E-state index is 12.5. The van der Waals surface area contributed by atoms with E-state index in [1.54, 1.807) is 12.1 Å². The van der Waals surface area contributed by atoms with Crippen molar-refractivity contribution in [1.29, 1.82) is 0 Å². The number of carboxylic acid groups (broad SMARTS) is 2. The Labute approximate surface area is 193 Å². The van der Waals surface area contributed by atoms with E-state index in [0.717, 1.165) is 0 Å². The highest BCUT2D eigenvalue weighted by Gasteiger charge is 2.29. The molecule has 0 spiro atoms. The molecule has 0 saturated carbocycles. The lowest BCUT2D eigenvalue weighted by Gasteiger charge is -2.33. The predicted molar refractivity (Wildman–Crippen MR) is 121 cm³/mol. The molecular formula is C21H24N6O7. The van der Waals surface area contributed by atoms with Crippen LogP contribution in [-0.4, -0.2) is 69.6 Å². The fraction of sp³-hybridized carbons (Fsp3) is 0.333. The minimum Gasteiger partial charge on any atom is -0.481 e. The van der Waals surface area contributed by atoms with Gasteiger partial charge in [0.1, 0.15) is 0 Å². The molecule has 0 fully saturated rings. The lowest BCUT2D eigenvalue weighted by molar-refractivity contribution is -0.139. The quantitative estimate of drug-likeness (QED) is 0.244. The molecule has 1 aliphatic rings. The largest absolute Gasteiger partial charge is 0.481 e. The van der Waals surface area contributed by atoms with Crippen LogP contribution in [0.1, 0.15) is 29.6 Å². The van der Waals surface area contributed by atoms with Crippen LogP contribution in [0.15, 0.2) is 35.4 Å². The third kappa shape index (κ3) is 6.09. The van der Waals surface area contributed by atoms with E-state index in [-0.39, 0.29) is 36.6 Å². The summed E-state index contributed by atoms with van der Waals surface area (Å²) in [7, 11) is 0. The number of rotatable bonds is 11. The van der Waals surface area contributed by atoms with Gasteiger partial charge < -0.3 is 36.0 Å². The Bertz CT molecular complexity index is 1120. The number of carboxylic acids is 2. The number of hydrogen-bond donors (Lipinski definition) is 6. The Balaban J connectivity index is 1.60. The number of aliphatic carboxylic acids is 2. The number of nitrogens with zero attached hydrogens (tertiary/aromatic N) is 2. The molecule has 0 saturated heterocycles. The SMILES string of the molecule is O=CN1c2c(nc[nH]c2=O)NC[C@@H]1CNc1ccc(C(=O)N[C@@H](CCC(=O)O)CC(=O)O)cc1. The molecule has 1 aliphatic heterocycles. The smallest absolute Gasteiger partial charge is 0.305 e. The van der Waals surface area contributed by atoms with Crippen LogP contribution in [0.2, 0.25) is 0 Å². The van der Waals surface area contributed by atoms with Crippen molar-refractivity contribution < 1.29 is 29.4 Å². The molecule has 6 N–H and O–H groups in total. The first-order valence-electron chi connectivity index (χ1n) is 10.4. The minimum atomic E-state index is -1.14. The number of carbonyl (C=O) groups excluding carboxylic acids is 2. The number of benzene rings is 1. The number of hydrogen-bond acceptors (Lipinski definition) is 8. The highest BCUT2D eigenvalue weighted by Crippen LogP contribution is 2.24. The van der Waals surface area contributed by atoms with Gasteiger partial charge in [-0.15, -0.1) is 0 Å². The van der Waals surface area contributed by atoms with Crippen LogP contribution >= 0.6 is 0 Å². The summed E-state index contributed by atoms with van der Waals surface area (Å²) in [4.78, 5) is 65.7. The molecule has 1 aromatic heterocycles. The first-order valence-corrected chi connectivity index (χ1v) is 10.4. The van der Waals surface area contributed by atoms with Crippen molar-refractivity contribution >= 4 is 41.4 Å². The van der Waals surface area contributed by atoms with E-state index >= 15 is 0 Å². The van der Waals surface area contributed by atoms with Crippen LogP contribution in [0.5, 0.6) is 0 Å². The molecule has 1 aromatic carbocycles. The standard InChI is InChI=1S/C21H24N6O7/c28-11-27-15(9-23-19-18(27)21(34)25-10-24-19)8-22-13-3-1-12(2-4-13)20(33)26-14(7-17(31)32)5-6-16(29)30/h1-4,10-11,14-15,22H,5-9H2,(H,26,33)(H,29,30)(H,31,32)(H2,23,24,25,34)/t14-,15-/m0/s1. The molecule has 0 radical (unpaired) electrons. The lowest BCUT2D eigenvalue weighted by Crippen LogP contribution is -2.49. The van der Waals surface area contributed by atoms with Crippen molar-refractivity contribution in [2.24, 2.45) is 0 Å². The summed E-state index contributed by atoms with van der Waals surface area (Å²) in [5, 5.41) is 26.5. The molecule has 3 rings (SSSR count). The van der Waals surface area contributed by atoms with Crippen molar-refractivity contribution in [2.75, 3.05) is 28.6 Å². The molecule has 2 heterocycles. The topological polar surface area (TPSA) is 194 Å². The van der Waals surface area contributed by atoms with Gasteiger partial charge in [0, 0.05) is 36.8 Å². The molecule has 2 atom stereocenters. The third-order valence-corrected chi connectivity index (χ3v) is 5.25. The monoisotopic (exact) mass is 472 g/mol. The van der Waals surface area contributed by atoms with Gasteiger partial charge in [0.25, 0.3) is 11.5 Å². The Kier molecular flexibility index (Phi) is 7.79. The number of nitrogens with one attached hydrogen (secondary N) is 4. The zero-order valence-electron chi connectivity index (χ0n) is 18.0. The van der Waals surface area contributed by atoms with Crippen molar-refractivity contribution in [3.63, 3.8) is 0 Å². The summed E-state index contributed by atoms with van der Waals surface area (Å²) in [5.74, 6) is -2.41. The molecule has 2 amide bonds. The number of aromatic amines is 1. The number of fused-ring (bicyclic) bond motifs is 1. The number of H-pyrrole nitrogens is 1. The van der Waals surface area contributed by atoms with E-state index in [4.69, 9.17) is 10.2 Å². The van der Waals surface area contributed by atoms with Crippen LogP contribution in [0.25, 0.3) is 0 Å². The first kappa shape index (κ1) is 24.2. The number of carbonyl (C=O) groups is 4. The van der Waals surface area contributed by atoms with Crippen molar-refractivity contribution in [2.45, 2.75) is 31.3 Å². The maximum Gasteiger partial charge on any atom is 0.305 e. The summed E-state index contributed by atoms with van der Waals surface area (Å²) >= 11 is 0. The lowest BCUT2D eigenvalue weighted by atomic mass is 10.1. The second-order valence-corrected chi connectivity index (χ2v) is 7.64. The number of anilines is 3. The molecule has 0 unspecified atom stereocenters. The predicted octanol–water partition coefficient (Wildman–Crippen LogP) is 0.0768. The Morgan fingerprint density at radius 3 is 2.59 bits per heavy atom. The minimum absolute atomic E-state index is 0.00283. The van der Waals surface area contributed by atoms with Gasteiger partial charge in [-0.3, -0.25) is 24.0 Å². The van der Waals surface area contributed by atoms with Crippen LogP contribution < -0.4 is 26.4 Å². The molecule has 34 heavy (non-hydrogen) atoms. The van der Waals surface area contributed by atoms with Gasteiger partial charge in [-0.2, -0.15) is 0 Å². The fourth-order valence-electron chi connectivity index (χ4n) is 3.54. The Morgan fingerprint density at radius 1 is 1.21 bits per heavy atom. The van der Waals surface area contributed by atoms with E-state index < -0.39 is 29.4 Å². The summed E-state index contributed by atoms with van der Waals surface area (Å²) in [6.07, 6.45) is 1.18. The molecule has 2 aromatic rings. The molecular weight excluding hydrogens is 448 g/mol. The average Bonchev–Trinajstić information content (AvgIpc) is 2.81. The van der Waals surface area contributed by atoms with Crippen molar-refractivity contribution in [3.8, 4) is 0 Å². The first-order chi connectivity index (χ1) is 16.3. The van der Waals surface area contributed by atoms with Gasteiger partial charge >= 0.3 is 11.9 Å². The van der Waals surface area contributed by atoms with E-state index in [1.807, 2.05) is 0 Å².